The quantitative estimate of drug-likeness (QED) is 0.689. The van der Waals surface area contributed by atoms with Crippen LogP contribution in [0.4, 0.5) is 0 Å². The maximum absolute atomic E-state index is 12.2. The highest BCUT2D eigenvalue weighted by molar-refractivity contribution is 6.01. The molecule has 0 saturated heterocycles. The number of furan rings is 1. The van der Waals surface area contributed by atoms with Crippen LogP contribution in [0.1, 0.15) is 29.9 Å². The summed E-state index contributed by atoms with van der Waals surface area (Å²) in [7, 11) is 0. The number of nitrogens with zero attached hydrogens (tertiary/aromatic N) is 1. The van der Waals surface area contributed by atoms with E-state index in [2.05, 4.69) is 5.32 Å². The molecule has 106 valence electrons. The van der Waals surface area contributed by atoms with Crippen LogP contribution in [-0.4, -0.2) is 5.91 Å². The average molecular weight is 280 g/mol. The largest absolute Gasteiger partial charge is 0.465 e. The van der Waals surface area contributed by atoms with E-state index in [4.69, 9.17) is 9.68 Å². The van der Waals surface area contributed by atoms with Crippen LogP contribution in [0.2, 0.25) is 0 Å². The molecule has 1 aromatic carbocycles. The molecule has 1 amide bonds. The molecular weight excluding hydrogens is 264 g/mol. The Morgan fingerprint density at radius 2 is 2.10 bits per heavy atom. The number of nitriles is 1. The van der Waals surface area contributed by atoms with Gasteiger partial charge in [0.25, 0.3) is 5.91 Å². The van der Waals surface area contributed by atoms with Gasteiger partial charge in [0.1, 0.15) is 17.4 Å². The minimum atomic E-state index is -0.412. The van der Waals surface area contributed by atoms with Crippen molar-refractivity contribution in [2.45, 2.75) is 19.9 Å². The van der Waals surface area contributed by atoms with Gasteiger partial charge in [-0.25, -0.2) is 0 Å². The van der Waals surface area contributed by atoms with Gasteiger partial charge in [0.2, 0.25) is 0 Å². The second-order valence-corrected chi connectivity index (χ2v) is 4.74. The van der Waals surface area contributed by atoms with Gasteiger partial charge in [-0.1, -0.05) is 24.3 Å². The molecule has 0 unspecified atom stereocenters. The summed E-state index contributed by atoms with van der Waals surface area (Å²) >= 11 is 0. The number of hydrogen-bond acceptors (Lipinski definition) is 3. The van der Waals surface area contributed by atoms with Crippen molar-refractivity contribution >= 4 is 12.0 Å². The molecule has 2 rings (SSSR count). The molecule has 21 heavy (non-hydrogen) atoms. The maximum atomic E-state index is 12.2. The lowest BCUT2D eigenvalue weighted by atomic mass is 10.0. The maximum Gasteiger partial charge on any atom is 0.262 e. The number of carbonyl (C=O) groups excluding carboxylic acids is 1. The molecule has 1 heterocycles. The predicted molar refractivity (Wildman–Crippen MR) is 80.0 cm³/mol. The topological polar surface area (TPSA) is 66.0 Å². The zero-order chi connectivity index (χ0) is 15.2. The Balaban J connectivity index is 2.14. The van der Waals surface area contributed by atoms with Crippen molar-refractivity contribution in [3.8, 4) is 6.07 Å². The van der Waals surface area contributed by atoms with Gasteiger partial charge in [0.15, 0.2) is 0 Å². The Hall–Kier alpha value is -2.80. The van der Waals surface area contributed by atoms with Gasteiger partial charge >= 0.3 is 0 Å². The normalized spacial score (nSPS) is 12.5. The standard InChI is InChI=1S/C17H16N2O2/c1-12-6-3-4-8-16(12)13(2)19-17(20)14(11-18)10-15-7-5-9-21-15/h3-10,13H,1-2H3,(H,19,20)/b14-10-/t13-/m1/s1. The van der Waals surface area contributed by atoms with E-state index >= 15 is 0 Å². The first-order valence-corrected chi connectivity index (χ1v) is 6.63. The van der Waals surface area contributed by atoms with Crippen LogP contribution in [-0.2, 0) is 4.79 Å². The second-order valence-electron chi connectivity index (χ2n) is 4.74. The highest BCUT2D eigenvalue weighted by Gasteiger charge is 2.15. The van der Waals surface area contributed by atoms with Gasteiger partial charge in [-0.05, 0) is 37.1 Å². The van der Waals surface area contributed by atoms with E-state index in [0.29, 0.717) is 5.76 Å². The average Bonchev–Trinajstić information content (AvgIpc) is 2.98. The fourth-order valence-corrected chi connectivity index (χ4v) is 2.09. The van der Waals surface area contributed by atoms with Crippen molar-refractivity contribution in [3.63, 3.8) is 0 Å². The van der Waals surface area contributed by atoms with Crippen molar-refractivity contribution in [1.82, 2.24) is 5.32 Å². The van der Waals surface area contributed by atoms with Crippen molar-refractivity contribution in [3.05, 3.63) is 65.1 Å². The lowest BCUT2D eigenvalue weighted by Gasteiger charge is -2.16. The van der Waals surface area contributed by atoms with Crippen LogP contribution < -0.4 is 5.32 Å². The summed E-state index contributed by atoms with van der Waals surface area (Å²) < 4.78 is 5.12. The molecule has 4 heteroatoms. The van der Waals surface area contributed by atoms with E-state index in [1.165, 1.54) is 12.3 Å². The number of hydrogen-bond donors (Lipinski definition) is 1. The lowest BCUT2D eigenvalue weighted by molar-refractivity contribution is -0.117. The van der Waals surface area contributed by atoms with Crippen LogP contribution in [0.15, 0.2) is 52.7 Å². The lowest BCUT2D eigenvalue weighted by Crippen LogP contribution is -2.28. The molecule has 0 bridgehead atoms. The molecule has 0 aliphatic heterocycles. The van der Waals surface area contributed by atoms with E-state index in [-0.39, 0.29) is 11.6 Å². The van der Waals surface area contributed by atoms with E-state index in [0.717, 1.165) is 11.1 Å². The Bertz CT molecular complexity index is 694. The van der Waals surface area contributed by atoms with Crippen LogP contribution in [0.25, 0.3) is 6.08 Å². The Morgan fingerprint density at radius 1 is 1.33 bits per heavy atom. The van der Waals surface area contributed by atoms with E-state index in [1.807, 2.05) is 44.2 Å². The molecule has 0 radical (unpaired) electrons. The molecule has 0 fully saturated rings. The minimum Gasteiger partial charge on any atom is -0.465 e. The first kappa shape index (κ1) is 14.6. The third-order valence-electron chi connectivity index (χ3n) is 3.20. The summed E-state index contributed by atoms with van der Waals surface area (Å²) in [5.41, 5.74) is 2.14. The second kappa shape index (κ2) is 6.58. The van der Waals surface area contributed by atoms with Gasteiger partial charge < -0.3 is 9.73 Å². The van der Waals surface area contributed by atoms with Gasteiger partial charge in [-0.15, -0.1) is 0 Å². The van der Waals surface area contributed by atoms with E-state index < -0.39 is 5.91 Å². The number of rotatable bonds is 4. The van der Waals surface area contributed by atoms with Crippen molar-refractivity contribution in [2.75, 3.05) is 0 Å². The number of aryl methyl sites for hydroxylation is 1. The Labute approximate surface area is 123 Å². The third-order valence-corrected chi connectivity index (χ3v) is 3.20. The molecule has 0 saturated carbocycles. The predicted octanol–water partition coefficient (Wildman–Crippen LogP) is 3.37. The first-order valence-electron chi connectivity index (χ1n) is 6.63. The van der Waals surface area contributed by atoms with Gasteiger partial charge in [0, 0.05) is 6.08 Å². The van der Waals surface area contributed by atoms with Gasteiger partial charge in [-0.2, -0.15) is 5.26 Å². The first-order chi connectivity index (χ1) is 10.1. The Morgan fingerprint density at radius 3 is 2.71 bits per heavy atom. The highest BCUT2D eigenvalue weighted by atomic mass is 16.3. The molecule has 2 aromatic rings. The Kier molecular flexibility index (Phi) is 4.57. The molecule has 1 N–H and O–H groups in total. The fourth-order valence-electron chi connectivity index (χ4n) is 2.09. The summed E-state index contributed by atoms with van der Waals surface area (Å²) in [5, 5.41) is 11.9. The summed E-state index contributed by atoms with van der Waals surface area (Å²) in [5.74, 6) is 0.0647. The fraction of sp³-hybridized carbons (Fsp3) is 0.176. The third kappa shape index (κ3) is 3.61. The van der Waals surface area contributed by atoms with Crippen molar-refractivity contribution in [1.29, 1.82) is 5.26 Å². The molecular formula is C17H16N2O2. The van der Waals surface area contributed by atoms with Gasteiger partial charge in [-0.3, -0.25) is 4.79 Å². The minimum absolute atomic E-state index is 0.0189. The summed E-state index contributed by atoms with van der Waals surface area (Å²) in [6.07, 6.45) is 2.93. The van der Waals surface area contributed by atoms with Crippen molar-refractivity contribution in [2.24, 2.45) is 0 Å². The van der Waals surface area contributed by atoms with Crippen molar-refractivity contribution < 1.29 is 9.21 Å². The SMILES string of the molecule is Cc1ccccc1[C@@H](C)NC(=O)/C(C#N)=C\c1ccco1. The summed E-state index contributed by atoms with van der Waals surface area (Å²) in [6, 6.07) is 12.9. The molecule has 1 atom stereocenters. The van der Waals surface area contributed by atoms with Gasteiger partial charge in [0.05, 0.1) is 12.3 Å². The number of nitrogens with one attached hydrogen (secondary N) is 1. The van der Waals surface area contributed by atoms with Crippen LogP contribution in [0.5, 0.6) is 0 Å². The zero-order valence-corrected chi connectivity index (χ0v) is 12.0. The molecule has 0 aliphatic rings. The highest BCUT2D eigenvalue weighted by Crippen LogP contribution is 2.17. The van der Waals surface area contributed by atoms with Crippen LogP contribution >= 0.6 is 0 Å². The van der Waals surface area contributed by atoms with E-state index in [1.54, 1.807) is 12.1 Å². The summed E-state index contributed by atoms with van der Waals surface area (Å²) in [4.78, 5) is 12.2. The molecule has 0 spiro atoms. The smallest absolute Gasteiger partial charge is 0.262 e. The molecule has 0 aliphatic carbocycles. The zero-order valence-electron chi connectivity index (χ0n) is 12.0. The number of benzene rings is 1. The van der Waals surface area contributed by atoms with E-state index in [9.17, 15) is 4.79 Å². The number of amides is 1. The molecule has 1 aromatic heterocycles. The summed E-state index contributed by atoms with van der Waals surface area (Å²) in [6.45, 7) is 3.88. The monoisotopic (exact) mass is 280 g/mol. The van der Waals surface area contributed by atoms with Crippen LogP contribution in [0, 0.1) is 18.3 Å². The number of carbonyl (C=O) groups is 1. The molecule has 4 nitrogen and oxygen atoms in total. The van der Waals surface area contributed by atoms with Crippen LogP contribution in [0.3, 0.4) is 0 Å².